The number of anilines is 1. The van der Waals surface area contributed by atoms with Gasteiger partial charge < -0.3 is 14.5 Å². The van der Waals surface area contributed by atoms with Crippen molar-refractivity contribution < 1.29 is 18.7 Å². The zero-order valence-corrected chi connectivity index (χ0v) is 22.1. The minimum absolute atomic E-state index is 0.0803. The fourth-order valence-electron chi connectivity index (χ4n) is 3.78. The molecule has 0 fully saturated rings. The average molecular weight is 523 g/mol. The number of thiophene rings is 1. The summed E-state index contributed by atoms with van der Waals surface area (Å²) in [5.41, 5.74) is 4.96. The monoisotopic (exact) mass is 522 g/mol. The van der Waals surface area contributed by atoms with E-state index in [2.05, 4.69) is 22.1 Å². The van der Waals surface area contributed by atoms with Gasteiger partial charge >= 0.3 is 5.97 Å². The van der Waals surface area contributed by atoms with Crippen LogP contribution in [-0.4, -0.2) is 39.5 Å². The molecule has 3 aromatic heterocycles. The molecular weight excluding hydrogens is 496 g/mol. The first-order valence-electron chi connectivity index (χ1n) is 11.1. The Morgan fingerprint density at radius 2 is 2.00 bits per heavy atom. The van der Waals surface area contributed by atoms with Gasteiger partial charge in [-0.2, -0.15) is 0 Å². The number of hydrogen-bond acceptors (Lipinski definition) is 8. The van der Waals surface area contributed by atoms with Crippen LogP contribution in [-0.2, 0) is 16.1 Å². The summed E-state index contributed by atoms with van der Waals surface area (Å²) in [7, 11) is 1.33. The van der Waals surface area contributed by atoms with E-state index in [-0.39, 0.29) is 11.7 Å². The fraction of sp³-hybridized carbons (Fsp3) is 0.231. The highest BCUT2D eigenvalue weighted by Crippen LogP contribution is 2.38. The van der Waals surface area contributed by atoms with Crippen LogP contribution in [0.2, 0.25) is 0 Å². The van der Waals surface area contributed by atoms with Gasteiger partial charge in [0, 0.05) is 17.5 Å². The van der Waals surface area contributed by atoms with Crippen LogP contribution < -0.4 is 5.32 Å². The normalized spacial score (nSPS) is 10.9. The van der Waals surface area contributed by atoms with Crippen LogP contribution in [0.15, 0.2) is 58.1 Å². The van der Waals surface area contributed by atoms with Gasteiger partial charge in [-0.25, -0.2) is 4.79 Å². The minimum Gasteiger partial charge on any atom is -0.469 e. The molecule has 0 aliphatic rings. The van der Waals surface area contributed by atoms with E-state index in [1.54, 1.807) is 12.3 Å². The molecule has 0 saturated carbocycles. The Balaban J connectivity index is 1.55. The van der Waals surface area contributed by atoms with Gasteiger partial charge in [-0.1, -0.05) is 41.6 Å². The van der Waals surface area contributed by atoms with Crippen molar-refractivity contribution in [2.75, 3.05) is 18.2 Å². The lowest BCUT2D eigenvalue weighted by atomic mass is 9.97. The van der Waals surface area contributed by atoms with Crippen molar-refractivity contribution in [3.63, 3.8) is 0 Å². The molecule has 0 bridgehead atoms. The Hall–Kier alpha value is -3.63. The zero-order valence-electron chi connectivity index (χ0n) is 20.5. The topological polar surface area (TPSA) is 99.2 Å². The third-order valence-corrected chi connectivity index (χ3v) is 7.44. The third kappa shape index (κ3) is 5.14. The molecule has 0 atom stereocenters. The summed E-state index contributed by atoms with van der Waals surface area (Å²) in [4.78, 5) is 25.6. The number of carbonyl (C=O) groups is 2. The fourth-order valence-corrected chi connectivity index (χ4v) is 5.49. The molecule has 0 aliphatic carbocycles. The van der Waals surface area contributed by atoms with Crippen molar-refractivity contribution in [2.45, 2.75) is 32.5 Å². The average Bonchev–Trinajstić information content (AvgIpc) is 3.57. The van der Waals surface area contributed by atoms with Gasteiger partial charge in [0.1, 0.15) is 16.3 Å². The van der Waals surface area contributed by atoms with Crippen molar-refractivity contribution >= 4 is 40.0 Å². The number of nitrogens with zero attached hydrogens (tertiary/aromatic N) is 3. The predicted octanol–water partition coefficient (Wildman–Crippen LogP) is 5.90. The molecule has 4 aromatic rings. The molecule has 8 nitrogen and oxygen atoms in total. The number of carbonyl (C=O) groups excluding carboxylic acids is 2. The van der Waals surface area contributed by atoms with E-state index < -0.39 is 5.97 Å². The van der Waals surface area contributed by atoms with Gasteiger partial charge in [0.05, 0.1) is 24.7 Å². The molecule has 0 radical (unpaired) electrons. The number of amides is 1. The molecule has 1 amide bonds. The number of esters is 1. The number of nitrogens with one attached hydrogen (secondary N) is 1. The summed E-state index contributed by atoms with van der Waals surface area (Å²) in [6.07, 6.45) is 3.35. The third-order valence-electron chi connectivity index (χ3n) is 5.58. The Labute approximate surface area is 217 Å². The first-order valence-corrected chi connectivity index (χ1v) is 13.0. The van der Waals surface area contributed by atoms with Crippen LogP contribution in [0.3, 0.4) is 0 Å². The number of aryl methyl sites for hydroxylation is 3. The standard InChI is InChI=1S/C26H26N4O4S2/c1-6-10-30-23(18-9-11-34-17(18)4)28-29-26(30)36-14-21(31)27-24-22(25(32)33-5)20(13-35-24)19-12-15(2)7-8-16(19)3/h6-9,11-13H,1,10,14H2,2-5H3,(H,27,31). The molecule has 1 aromatic carbocycles. The Bertz CT molecular complexity index is 1430. The van der Waals surface area contributed by atoms with Crippen molar-refractivity contribution in [3.8, 4) is 22.5 Å². The van der Waals surface area contributed by atoms with E-state index in [4.69, 9.17) is 9.15 Å². The lowest BCUT2D eigenvalue weighted by Gasteiger charge is -2.10. The number of ether oxygens (including phenoxy) is 1. The van der Waals surface area contributed by atoms with E-state index in [1.165, 1.54) is 30.2 Å². The summed E-state index contributed by atoms with van der Waals surface area (Å²) in [5.74, 6) is 0.689. The molecule has 10 heteroatoms. The van der Waals surface area contributed by atoms with E-state index in [1.807, 2.05) is 55.0 Å². The molecule has 0 saturated heterocycles. The van der Waals surface area contributed by atoms with Gasteiger partial charge in [-0.05, 0) is 38.0 Å². The summed E-state index contributed by atoms with van der Waals surface area (Å²) in [6.45, 7) is 10.1. The number of rotatable bonds is 9. The summed E-state index contributed by atoms with van der Waals surface area (Å²) >= 11 is 2.55. The number of hydrogen-bond donors (Lipinski definition) is 1. The van der Waals surface area contributed by atoms with Gasteiger partial charge in [-0.3, -0.25) is 9.36 Å². The molecule has 4 rings (SSSR count). The van der Waals surface area contributed by atoms with Crippen molar-refractivity contribution in [2.24, 2.45) is 0 Å². The number of thioether (sulfide) groups is 1. The summed E-state index contributed by atoms with van der Waals surface area (Å²) in [5, 5.41) is 14.3. The Morgan fingerprint density at radius 3 is 2.69 bits per heavy atom. The summed E-state index contributed by atoms with van der Waals surface area (Å²) in [6, 6.07) is 7.89. The lowest BCUT2D eigenvalue weighted by Crippen LogP contribution is -2.16. The van der Waals surface area contributed by atoms with Crippen molar-refractivity contribution in [1.82, 2.24) is 14.8 Å². The Kier molecular flexibility index (Phi) is 7.76. The van der Waals surface area contributed by atoms with Crippen LogP contribution >= 0.6 is 23.1 Å². The summed E-state index contributed by atoms with van der Waals surface area (Å²) < 4.78 is 12.3. The molecule has 186 valence electrons. The maximum atomic E-state index is 12.9. The van der Waals surface area contributed by atoms with Gasteiger partial charge in [0.2, 0.25) is 5.91 Å². The molecule has 1 N–H and O–H groups in total. The first kappa shape index (κ1) is 25.5. The maximum absolute atomic E-state index is 12.9. The van der Waals surface area contributed by atoms with Gasteiger partial charge in [0.15, 0.2) is 11.0 Å². The molecule has 0 aliphatic heterocycles. The largest absolute Gasteiger partial charge is 0.469 e. The molecule has 3 heterocycles. The van der Waals surface area contributed by atoms with E-state index in [0.29, 0.717) is 28.1 Å². The first-order chi connectivity index (χ1) is 17.3. The van der Waals surface area contributed by atoms with Gasteiger partial charge in [0.25, 0.3) is 0 Å². The quantitative estimate of drug-likeness (QED) is 0.166. The maximum Gasteiger partial charge on any atom is 0.341 e. The number of allylic oxidation sites excluding steroid dienone is 1. The van der Waals surface area contributed by atoms with Crippen molar-refractivity contribution in [1.29, 1.82) is 0 Å². The zero-order chi connectivity index (χ0) is 25.8. The highest BCUT2D eigenvalue weighted by Gasteiger charge is 2.24. The minimum atomic E-state index is -0.499. The molecule has 0 unspecified atom stereocenters. The highest BCUT2D eigenvalue weighted by atomic mass is 32.2. The second-order valence-electron chi connectivity index (χ2n) is 8.10. The van der Waals surface area contributed by atoms with Gasteiger partial charge in [-0.15, -0.1) is 28.1 Å². The molecular formula is C26H26N4O4S2. The van der Waals surface area contributed by atoms with E-state index >= 15 is 0 Å². The van der Waals surface area contributed by atoms with Crippen molar-refractivity contribution in [3.05, 3.63) is 71.0 Å². The number of methoxy groups -OCH3 is 1. The second kappa shape index (κ2) is 11.0. The number of aromatic nitrogens is 3. The van der Waals surface area contributed by atoms with Crippen LogP contribution in [0.4, 0.5) is 5.00 Å². The lowest BCUT2D eigenvalue weighted by molar-refractivity contribution is -0.113. The van der Waals surface area contributed by atoms with Crippen LogP contribution in [0.1, 0.15) is 27.2 Å². The smallest absolute Gasteiger partial charge is 0.341 e. The highest BCUT2D eigenvalue weighted by molar-refractivity contribution is 7.99. The second-order valence-corrected chi connectivity index (χ2v) is 9.92. The predicted molar refractivity (Wildman–Crippen MR) is 143 cm³/mol. The van der Waals surface area contributed by atoms with E-state index in [9.17, 15) is 9.59 Å². The SMILES string of the molecule is C=CCn1c(SCC(=O)Nc2scc(-c3cc(C)ccc3C)c2C(=O)OC)nnc1-c1ccoc1C. The number of furan rings is 1. The molecule has 0 spiro atoms. The van der Waals surface area contributed by atoms with Crippen LogP contribution in [0, 0.1) is 20.8 Å². The van der Waals surface area contributed by atoms with Crippen LogP contribution in [0.25, 0.3) is 22.5 Å². The Morgan fingerprint density at radius 1 is 1.19 bits per heavy atom. The van der Waals surface area contributed by atoms with E-state index in [0.717, 1.165) is 33.6 Å². The molecule has 36 heavy (non-hydrogen) atoms. The number of benzene rings is 1. The van der Waals surface area contributed by atoms with Crippen LogP contribution in [0.5, 0.6) is 0 Å².